The third-order valence-electron chi connectivity index (χ3n) is 4.94. The second kappa shape index (κ2) is 5.76. The zero-order valence-corrected chi connectivity index (χ0v) is 12.4. The van der Waals surface area contributed by atoms with Crippen molar-refractivity contribution in [3.8, 4) is 0 Å². The van der Waals surface area contributed by atoms with Gasteiger partial charge in [0.15, 0.2) is 0 Å². The summed E-state index contributed by atoms with van der Waals surface area (Å²) in [6, 6.07) is 4.82. The van der Waals surface area contributed by atoms with E-state index in [0.29, 0.717) is 6.54 Å². The number of nitrogens with zero attached hydrogens (tertiary/aromatic N) is 1. The van der Waals surface area contributed by atoms with Crippen LogP contribution in [0.25, 0.3) is 0 Å². The first-order valence-corrected chi connectivity index (χ1v) is 7.83. The molecule has 1 aliphatic heterocycles. The lowest BCUT2D eigenvalue weighted by Gasteiger charge is -2.31. The van der Waals surface area contributed by atoms with Crippen molar-refractivity contribution < 1.29 is 14.3 Å². The highest BCUT2D eigenvalue weighted by Crippen LogP contribution is 2.36. The number of amides is 1. The Kier molecular flexibility index (Phi) is 3.98. The molecular weight excluding hydrogens is 269 g/mol. The SMILES string of the molecule is Cc1ccc(C(=O)N2CCCC2C2CCCC2O)c(F)c1. The standard InChI is InChI=1S/C17H22FNO2/c1-11-7-8-12(14(18)10-11)17(21)19-9-3-5-15(19)13-4-2-6-16(13)20/h7-8,10,13,15-16,20H,2-6,9H2,1H3. The first-order chi connectivity index (χ1) is 10.1. The van der Waals surface area contributed by atoms with Gasteiger partial charge in [0.05, 0.1) is 11.7 Å². The van der Waals surface area contributed by atoms with Gasteiger partial charge >= 0.3 is 0 Å². The van der Waals surface area contributed by atoms with Gasteiger partial charge in [-0.2, -0.15) is 0 Å². The molecule has 1 aromatic rings. The molecule has 1 N–H and O–H groups in total. The van der Waals surface area contributed by atoms with Crippen LogP contribution in [0.4, 0.5) is 4.39 Å². The quantitative estimate of drug-likeness (QED) is 0.910. The Hall–Kier alpha value is -1.42. The maximum absolute atomic E-state index is 14.0. The van der Waals surface area contributed by atoms with Crippen molar-refractivity contribution in [2.24, 2.45) is 5.92 Å². The Bertz CT molecular complexity index is 546. The van der Waals surface area contributed by atoms with E-state index in [0.717, 1.165) is 37.7 Å². The van der Waals surface area contributed by atoms with Crippen LogP contribution in [0.3, 0.4) is 0 Å². The summed E-state index contributed by atoms with van der Waals surface area (Å²) in [6.07, 6.45) is 4.34. The van der Waals surface area contributed by atoms with Crippen molar-refractivity contribution in [3.05, 3.63) is 35.1 Å². The lowest BCUT2D eigenvalue weighted by molar-refractivity contribution is 0.0524. The molecule has 0 spiro atoms. The molecule has 3 nitrogen and oxygen atoms in total. The minimum absolute atomic E-state index is 0.0655. The molecule has 1 amide bonds. The van der Waals surface area contributed by atoms with Gasteiger partial charge in [-0.05, 0) is 50.3 Å². The summed E-state index contributed by atoms with van der Waals surface area (Å²) in [6.45, 7) is 2.48. The van der Waals surface area contributed by atoms with Crippen LogP contribution >= 0.6 is 0 Å². The molecule has 3 unspecified atom stereocenters. The maximum Gasteiger partial charge on any atom is 0.257 e. The smallest absolute Gasteiger partial charge is 0.257 e. The summed E-state index contributed by atoms with van der Waals surface area (Å²) in [5.74, 6) is -0.517. The Labute approximate surface area is 124 Å². The summed E-state index contributed by atoms with van der Waals surface area (Å²) >= 11 is 0. The highest BCUT2D eigenvalue weighted by molar-refractivity contribution is 5.95. The van der Waals surface area contributed by atoms with E-state index in [1.165, 1.54) is 6.07 Å². The van der Waals surface area contributed by atoms with Crippen LogP contribution < -0.4 is 0 Å². The molecule has 3 atom stereocenters. The third-order valence-corrected chi connectivity index (χ3v) is 4.94. The minimum atomic E-state index is -0.447. The van der Waals surface area contributed by atoms with Gasteiger partial charge in [-0.15, -0.1) is 0 Å². The van der Waals surface area contributed by atoms with Crippen LogP contribution in [0.2, 0.25) is 0 Å². The van der Waals surface area contributed by atoms with Crippen LogP contribution in [-0.2, 0) is 0 Å². The van der Waals surface area contributed by atoms with Crippen LogP contribution in [-0.4, -0.2) is 34.6 Å². The predicted molar refractivity (Wildman–Crippen MR) is 78.5 cm³/mol. The van der Waals surface area contributed by atoms with E-state index in [4.69, 9.17) is 0 Å². The van der Waals surface area contributed by atoms with Crippen molar-refractivity contribution in [3.63, 3.8) is 0 Å². The normalized spacial score (nSPS) is 29.1. The number of aliphatic hydroxyl groups excluding tert-OH is 1. The van der Waals surface area contributed by atoms with E-state index in [1.807, 2.05) is 6.92 Å². The largest absolute Gasteiger partial charge is 0.393 e. The number of carbonyl (C=O) groups excluding carboxylic acids is 1. The fourth-order valence-corrected chi connectivity index (χ4v) is 3.86. The minimum Gasteiger partial charge on any atom is -0.393 e. The zero-order chi connectivity index (χ0) is 15.0. The van der Waals surface area contributed by atoms with Gasteiger partial charge < -0.3 is 10.0 Å². The molecule has 1 aromatic carbocycles. The van der Waals surface area contributed by atoms with Gasteiger partial charge in [0, 0.05) is 18.5 Å². The van der Waals surface area contributed by atoms with Crippen LogP contribution in [0.1, 0.15) is 48.0 Å². The Morgan fingerprint density at radius 1 is 1.29 bits per heavy atom. The maximum atomic E-state index is 14.0. The molecule has 4 heteroatoms. The second-order valence-electron chi connectivity index (χ2n) is 6.35. The number of likely N-dealkylation sites (tertiary alicyclic amines) is 1. The number of hydrogen-bond donors (Lipinski definition) is 1. The average molecular weight is 291 g/mol. The van der Waals surface area contributed by atoms with Gasteiger partial charge in [0.25, 0.3) is 5.91 Å². The van der Waals surface area contributed by atoms with Crippen LogP contribution in [0.5, 0.6) is 0 Å². The first kappa shape index (κ1) is 14.5. The molecule has 0 aromatic heterocycles. The summed E-state index contributed by atoms with van der Waals surface area (Å²) in [5.41, 5.74) is 0.966. The number of aryl methyl sites for hydroxylation is 1. The van der Waals surface area contributed by atoms with Gasteiger partial charge in [0.1, 0.15) is 5.82 Å². The van der Waals surface area contributed by atoms with Gasteiger partial charge in [-0.1, -0.05) is 12.5 Å². The van der Waals surface area contributed by atoms with E-state index < -0.39 is 5.82 Å². The average Bonchev–Trinajstić information content (AvgIpc) is 3.06. The van der Waals surface area contributed by atoms with E-state index in [9.17, 15) is 14.3 Å². The van der Waals surface area contributed by atoms with E-state index in [1.54, 1.807) is 17.0 Å². The second-order valence-corrected chi connectivity index (χ2v) is 6.35. The molecule has 1 saturated carbocycles. The molecule has 114 valence electrons. The lowest BCUT2D eigenvalue weighted by Crippen LogP contribution is -2.42. The lowest BCUT2D eigenvalue weighted by atomic mass is 9.93. The van der Waals surface area contributed by atoms with Crippen molar-refractivity contribution in [1.29, 1.82) is 0 Å². The summed E-state index contributed by atoms with van der Waals surface area (Å²) in [5, 5.41) is 10.1. The van der Waals surface area contributed by atoms with E-state index in [-0.39, 0.29) is 29.5 Å². The van der Waals surface area contributed by atoms with Gasteiger partial charge in [0.2, 0.25) is 0 Å². The number of aliphatic hydroxyl groups is 1. The Morgan fingerprint density at radius 3 is 2.76 bits per heavy atom. The van der Waals surface area contributed by atoms with Gasteiger partial charge in [-0.3, -0.25) is 4.79 Å². The molecule has 1 heterocycles. The fraction of sp³-hybridized carbons (Fsp3) is 0.588. The topological polar surface area (TPSA) is 40.5 Å². The van der Waals surface area contributed by atoms with Crippen molar-refractivity contribution in [2.75, 3.05) is 6.54 Å². The zero-order valence-electron chi connectivity index (χ0n) is 12.4. The van der Waals surface area contributed by atoms with Crippen molar-refractivity contribution in [1.82, 2.24) is 4.90 Å². The van der Waals surface area contributed by atoms with Gasteiger partial charge in [-0.25, -0.2) is 4.39 Å². The summed E-state index contributed by atoms with van der Waals surface area (Å²) in [4.78, 5) is 14.4. The molecule has 3 rings (SSSR count). The molecule has 1 aliphatic carbocycles. The molecule has 1 saturated heterocycles. The van der Waals surface area contributed by atoms with Crippen LogP contribution in [0.15, 0.2) is 18.2 Å². The van der Waals surface area contributed by atoms with E-state index in [2.05, 4.69) is 0 Å². The molecule has 2 aliphatic rings. The molecule has 21 heavy (non-hydrogen) atoms. The number of halogens is 1. The highest BCUT2D eigenvalue weighted by Gasteiger charge is 2.40. The Morgan fingerprint density at radius 2 is 2.10 bits per heavy atom. The number of rotatable bonds is 2. The summed E-state index contributed by atoms with van der Waals surface area (Å²) in [7, 11) is 0. The highest BCUT2D eigenvalue weighted by atomic mass is 19.1. The summed E-state index contributed by atoms with van der Waals surface area (Å²) < 4.78 is 14.0. The fourth-order valence-electron chi connectivity index (χ4n) is 3.86. The molecule has 0 bridgehead atoms. The molecule has 0 radical (unpaired) electrons. The van der Waals surface area contributed by atoms with Crippen LogP contribution in [0, 0.1) is 18.7 Å². The number of benzene rings is 1. The molecule has 2 fully saturated rings. The predicted octanol–water partition coefficient (Wildman–Crippen LogP) is 2.90. The van der Waals surface area contributed by atoms with Crippen molar-refractivity contribution >= 4 is 5.91 Å². The van der Waals surface area contributed by atoms with E-state index >= 15 is 0 Å². The number of hydrogen-bond acceptors (Lipinski definition) is 2. The first-order valence-electron chi connectivity index (χ1n) is 7.83. The number of carbonyl (C=O) groups is 1. The third kappa shape index (κ3) is 2.69. The monoisotopic (exact) mass is 291 g/mol. The Balaban J connectivity index is 1.82. The molecular formula is C17H22FNO2. The van der Waals surface area contributed by atoms with Crippen molar-refractivity contribution in [2.45, 2.75) is 51.2 Å².